The molecule has 2 heterocycles. The number of H-pyrrole nitrogens is 1. The van der Waals surface area contributed by atoms with Gasteiger partial charge in [0.1, 0.15) is 5.82 Å². The summed E-state index contributed by atoms with van der Waals surface area (Å²) in [5, 5.41) is 0.842. The third-order valence-corrected chi connectivity index (χ3v) is 6.94. The van der Waals surface area contributed by atoms with Gasteiger partial charge in [-0.25, -0.2) is 4.98 Å². The minimum absolute atomic E-state index is 0.167. The number of nitrogens with two attached hydrogens (primary N) is 1. The van der Waals surface area contributed by atoms with Gasteiger partial charge < -0.3 is 10.7 Å². The van der Waals surface area contributed by atoms with Crippen molar-refractivity contribution in [3.05, 3.63) is 64.4 Å². The van der Waals surface area contributed by atoms with E-state index in [-0.39, 0.29) is 22.7 Å². The molecule has 1 aliphatic rings. The van der Waals surface area contributed by atoms with Crippen molar-refractivity contribution in [3.63, 3.8) is 0 Å². The van der Waals surface area contributed by atoms with Gasteiger partial charge in [0.05, 0.1) is 22.3 Å². The number of nitrogens with zero attached hydrogens (tertiary/aromatic N) is 2. The number of imidazole rings is 1. The SMILES string of the molecule is CC(C)(C)N1SC(c2ccc(C[C@H](N)c3nc4ccc(Cl)cc4[nH]3)cc2)CC1=O. The highest BCUT2D eigenvalue weighted by Gasteiger charge is 2.38. The zero-order chi connectivity index (χ0) is 20.8. The highest BCUT2D eigenvalue weighted by molar-refractivity contribution is 7.98. The van der Waals surface area contributed by atoms with Crippen LogP contribution in [0.4, 0.5) is 0 Å². The fourth-order valence-corrected chi connectivity index (χ4v) is 5.00. The molecule has 1 amide bonds. The van der Waals surface area contributed by atoms with E-state index in [4.69, 9.17) is 17.3 Å². The lowest BCUT2D eigenvalue weighted by Gasteiger charge is -2.30. The average Bonchev–Trinajstić information content (AvgIpc) is 3.25. The van der Waals surface area contributed by atoms with Crippen LogP contribution in [0.5, 0.6) is 0 Å². The molecule has 0 spiro atoms. The fraction of sp³-hybridized carbons (Fsp3) is 0.364. The number of aromatic amines is 1. The maximum Gasteiger partial charge on any atom is 0.234 e. The van der Waals surface area contributed by atoms with Crippen LogP contribution in [0, 0.1) is 0 Å². The van der Waals surface area contributed by atoms with Crippen LogP contribution in [-0.2, 0) is 11.2 Å². The van der Waals surface area contributed by atoms with Crippen molar-refractivity contribution in [2.24, 2.45) is 5.73 Å². The van der Waals surface area contributed by atoms with E-state index >= 15 is 0 Å². The quantitative estimate of drug-likeness (QED) is 0.561. The highest BCUT2D eigenvalue weighted by atomic mass is 35.5. The summed E-state index contributed by atoms with van der Waals surface area (Å²) in [6.07, 6.45) is 1.22. The van der Waals surface area contributed by atoms with Gasteiger partial charge >= 0.3 is 0 Å². The van der Waals surface area contributed by atoms with Crippen LogP contribution in [0.3, 0.4) is 0 Å². The highest BCUT2D eigenvalue weighted by Crippen LogP contribution is 2.45. The van der Waals surface area contributed by atoms with Gasteiger partial charge in [0.25, 0.3) is 0 Å². The molecule has 1 fully saturated rings. The molecule has 1 saturated heterocycles. The van der Waals surface area contributed by atoms with Crippen molar-refractivity contribution in [1.82, 2.24) is 14.3 Å². The number of aromatic nitrogens is 2. The Balaban J connectivity index is 1.44. The Morgan fingerprint density at radius 1 is 1.28 bits per heavy atom. The van der Waals surface area contributed by atoms with E-state index in [1.807, 2.05) is 22.5 Å². The monoisotopic (exact) mass is 428 g/mol. The molecule has 0 bridgehead atoms. The Labute approximate surface area is 180 Å². The molecule has 1 unspecified atom stereocenters. The maximum atomic E-state index is 12.3. The van der Waals surface area contributed by atoms with E-state index in [2.05, 4.69) is 55.0 Å². The largest absolute Gasteiger partial charge is 0.341 e. The van der Waals surface area contributed by atoms with Crippen LogP contribution in [0.15, 0.2) is 42.5 Å². The van der Waals surface area contributed by atoms with Gasteiger partial charge in [0.2, 0.25) is 5.91 Å². The molecule has 2 aromatic carbocycles. The molecule has 29 heavy (non-hydrogen) atoms. The summed E-state index contributed by atoms with van der Waals surface area (Å²) in [6, 6.07) is 13.8. The Bertz CT molecular complexity index is 1040. The molecule has 0 saturated carbocycles. The molecule has 4 rings (SSSR count). The first kappa shape index (κ1) is 20.3. The van der Waals surface area contributed by atoms with Gasteiger partial charge in [0, 0.05) is 17.0 Å². The number of fused-ring (bicyclic) bond motifs is 1. The molecule has 0 radical (unpaired) electrons. The third-order valence-electron chi connectivity index (χ3n) is 5.05. The Hall–Kier alpha value is -2.02. The number of carbonyl (C=O) groups is 1. The predicted molar refractivity (Wildman–Crippen MR) is 120 cm³/mol. The van der Waals surface area contributed by atoms with Crippen LogP contribution in [0.2, 0.25) is 5.02 Å². The van der Waals surface area contributed by atoms with Crippen LogP contribution < -0.4 is 5.73 Å². The Kier molecular flexibility index (Phi) is 5.36. The van der Waals surface area contributed by atoms with E-state index in [9.17, 15) is 4.79 Å². The molecule has 3 N–H and O–H groups in total. The third kappa shape index (κ3) is 4.29. The minimum Gasteiger partial charge on any atom is -0.341 e. The number of carbonyl (C=O) groups excluding carboxylic acids is 1. The minimum atomic E-state index is -0.231. The first-order valence-corrected chi connectivity index (χ1v) is 10.9. The normalized spacial score (nSPS) is 18.6. The van der Waals surface area contributed by atoms with Crippen LogP contribution >= 0.6 is 23.5 Å². The molecule has 3 aromatic rings. The van der Waals surface area contributed by atoms with Gasteiger partial charge in [-0.15, -0.1) is 0 Å². The molecule has 1 aliphatic heterocycles. The fourth-order valence-electron chi connectivity index (χ4n) is 3.57. The van der Waals surface area contributed by atoms with E-state index in [1.54, 1.807) is 11.9 Å². The van der Waals surface area contributed by atoms with Gasteiger partial charge in [0.15, 0.2) is 0 Å². The van der Waals surface area contributed by atoms with Gasteiger partial charge in [-0.1, -0.05) is 35.9 Å². The van der Waals surface area contributed by atoms with Crippen LogP contribution in [0.25, 0.3) is 11.0 Å². The zero-order valence-corrected chi connectivity index (χ0v) is 18.3. The number of benzene rings is 2. The molecule has 0 aliphatic carbocycles. The summed E-state index contributed by atoms with van der Waals surface area (Å²) in [4.78, 5) is 20.2. The molecule has 1 aromatic heterocycles. The summed E-state index contributed by atoms with van der Waals surface area (Å²) in [7, 11) is 0. The van der Waals surface area contributed by atoms with Crippen molar-refractivity contribution in [2.45, 2.75) is 50.4 Å². The Morgan fingerprint density at radius 3 is 2.66 bits per heavy atom. The average molecular weight is 429 g/mol. The Morgan fingerprint density at radius 2 is 2.00 bits per heavy atom. The number of rotatable bonds is 4. The van der Waals surface area contributed by atoms with Crippen molar-refractivity contribution < 1.29 is 4.79 Å². The second-order valence-electron chi connectivity index (χ2n) is 8.49. The summed E-state index contributed by atoms with van der Waals surface area (Å²) in [5.41, 5.74) is 10.3. The van der Waals surface area contributed by atoms with Crippen LogP contribution in [-0.4, -0.2) is 25.7 Å². The molecule has 152 valence electrons. The molecular formula is C22H25ClN4OS. The van der Waals surface area contributed by atoms with Crippen molar-refractivity contribution in [1.29, 1.82) is 0 Å². The number of hydrogen-bond donors (Lipinski definition) is 2. The van der Waals surface area contributed by atoms with Gasteiger partial charge in [-0.05, 0) is 68.5 Å². The second kappa shape index (κ2) is 7.67. The lowest BCUT2D eigenvalue weighted by molar-refractivity contribution is -0.127. The number of amides is 1. The number of nitrogens with one attached hydrogen (secondary N) is 1. The predicted octanol–water partition coefficient (Wildman–Crippen LogP) is 5.18. The number of halogens is 1. The summed E-state index contributed by atoms with van der Waals surface area (Å²) in [6.45, 7) is 6.20. The summed E-state index contributed by atoms with van der Waals surface area (Å²) in [5.74, 6) is 0.952. The van der Waals surface area contributed by atoms with Gasteiger partial charge in [-0.3, -0.25) is 9.10 Å². The van der Waals surface area contributed by atoms with Crippen molar-refractivity contribution in [2.75, 3.05) is 0 Å². The zero-order valence-electron chi connectivity index (χ0n) is 16.8. The van der Waals surface area contributed by atoms with E-state index in [0.717, 1.165) is 22.4 Å². The summed E-state index contributed by atoms with van der Waals surface area (Å²) >= 11 is 7.68. The molecule has 7 heteroatoms. The van der Waals surface area contributed by atoms with Crippen molar-refractivity contribution in [3.8, 4) is 0 Å². The summed E-state index contributed by atoms with van der Waals surface area (Å²) < 4.78 is 1.90. The lowest BCUT2D eigenvalue weighted by atomic mass is 10.0. The van der Waals surface area contributed by atoms with E-state index in [1.165, 1.54) is 5.56 Å². The standard InChI is InChI=1S/C22H25ClN4OS/c1-22(2,3)27-20(28)12-19(29-27)14-6-4-13(5-7-14)10-16(24)21-25-17-9-8-15(23)11-18(17)26-21/h4-9,11,16,19H,10,12,24H2,1-3H3,(H,25,26)/t16-,19?/m0/s1. The van der Waals surface area contributed by atoms with E-state index in [0.29, 0.717) is 17.9 Å². The lowest BCUT2D eigenvalue weighted by Crippen LogP contribution is -2.37. The molecule has 5 nitrogen and oxygen atoms in total. The number of hydrogen-bond acceptors (Lipinski definition) is 4. The maximum absolute atomic E-state index is 12.3. The first-order valence-electron chi connectivity index (χ1n) is 9.70. The molecular weight excluding hydrogens is 404 g/mol. The van der Waals surface area contributed by atoms with Crippen LogP contribution in [0.1, 0.15) is 55.4 Å². The van der Waals surface area contributed by atoms with Gasteiger partial charge in [-0.2, -0.15) is 0 Å². The topological polar surface area (TPSA) is 75.0 Å². The smallest absolute Gasteiger partial charge is 0.234 e. The van der Waals surface area contributed by atoms with Crippen molar-refractivity contribution >= 4 is 40.5 Å². The van der Waals surface area contributed by atoms with E-state index < -0.39 is 0 Å². The first-order chi connectivity index (χ1) is 13.7. The second-order valence-corrected chi connectivity index (χ2v) is 10.1. The molecule has 2 atom stereocenters.